The highest BCUT2D eigenvalue weighted by Crippen LogP contribution is 2.32. The van der Waals surface area contributed by atoms with Gasteiger partial charge in [-0.3, -0.25) is 0 Å². The van der Waals surface area contributed by atoms with Gasteiger partial charge in [0, 0.05) is 30.6 Å². The average Bonchev–Trinajstić information content (AvgIpc) is 3.22. The highest BCUT2D eigenvalue weighted by molar-refractivity contribution is 5.84. The maximum Gasteiger partial charge on any atom is 0.226 e. The number of anilines is 2. The third-order valence-corrected chi connectivity index (χ3v) is 6.84. The maximum absolute atomic E-state index is 10.3. The van der Waals surface area contributed by atoms with Gasteiger partial charge in [-0.1, -0.05) is 43.9 Å². The highest BCUT2D eigenvalue weighted by Gasteiger charge is 2.24. The van der Waals surface area contributed by atoms with Crippen LogP contribution in [0.2, 0.25) is 0 Å². The average molecular weight is 453 g/mol. The fraction of sp³-hybridized carbons (Fsp3) is 0.560. The number of fused-ring (bicyclic) bond motifs is 1. The predicted molar refractivity (Wildman–Crippen MR) is 132 cm³/mol. The van der Waals surface area contributed by atoms with Crippen LogP contribution in [0.5, 0.6) is 5.75 Å². The number of phenols is 1. The molecule has 8 nitrogen and oxygen atoms in total. The molecule has 0 bridgehead atoms. The second kappa shape index (κ2) is 9.55. The molecule has 4 rings (SSSR count). The number of nitrogens with zero attached hydrogens (tertiary/aromatic N) is 4. The van der Waals surface area contributed by atoms with Crippen LogP contribution in [0.3, 0.4) is 0 Å². The smallest absolute Gasteiger partial charge is 0.226 e. The van der Waals surface area contributed by atoms with Crippen LogP contribution in [0, 0.1) is 12.8 Å². The van der Waals surface area contributed by atoms with Crippen LogP contribution < -0.4 is 10.6 Å². The zero-order chi connectivity index (χ0) is 23.6. The van der Waals surface area contributed by atoms with E-state index in [1.54, 1.807) is 6.07 Å². The molecule has 2 aromatic heterocycles. The van der Waals surface area contributed by atoms with E-state index in [9.17, 15) is 10.2 Å². The first-order valence-electron chi connectivity index (χ1n) is 12.0. The fourth-order valence-electron chi connectivity index (χ4n) is 4.27. The van der Waals surface area contributed by atoms with Gasteiger partial charge >= 0.3 is 0 Å². The van der Waals surface area contributed by atoms with Crippen molar-refractivity contribution >= 4 is 22.9 Å². The Balaban J connectivity index is 1.65. The molecule has 1 aliphatic carbocycles. The van der Waals surface area contributed by atoms with Gasteiger partial charge in [-0.15, -0.1) is 0 Å². The van der Waals surface area contributed by atoms with E-state index in [0.29, 0.717) is 30.9 Å². The number of aromatic hydroxyl groups is 1. The number of aryl methyl sites for hydroxylation is 1. The standard InChI is InChI=1S/C25H36N6O2/c1-16-10-11-20(32)18(12-16)14-26-22-21-23(31(15-28-21)19-8-6-5-7-9-19)30-24(29-22)27-13-17(2)25(3,4)33/h10-12,15,17,19,32-33H,5-9,13-14H2,1-4H3,(H2,26,27,29,30). The summed E-state index contributed by atoms with van der Waals surface area (Å²) in [5.41, 5.74) is 2.63. The molecule has 1 aliphatic rings. The van der Waals surface area contributed by atoms with Crippen LogP contribution in [0.4, 0.5) is 11.8 Å². The van der Waals surface area contributed by atoms with E-state index < -0.39 is 5.60 Å². The van der Waals surface area contributed by atoms with Gasteiger partial charge in [0.25, 0.3) is 0 Å². The first-order valence-corrected chi connectivity index (χ1v) is 12.0. The normalized spacial score (nSPS) is 16.2. The van der Waals surface area contributed by atoms with E-state index in [-0.39, 0.29) is 11.7 Å². The second-order valence-corrected chi connectivity index (χ2v) is 9.93. The molecular weight excluding hydrogens is 416 g/mol. The summed E-state index contributed by atoms with van der Waals surface area (Å²) in [4.78, 5) is 14.2. The van der Waals surface area contributed by atoms with Crippen molar-refractivity contribution in [3.05, 3.63) is 35.7 Å². The van der Waals surface area contributed by atoms with Crippen molar-refractivity contribution in [3.8, 4) is 5.75 Å². The van der Waals surface area contributed by atoms with Gasteiger partial charge < -0.3 is 25.4 Å². The minimum atomic E-state index is -0.801. The van der Waals surface area contributed by atoms with E-state index in [0.717, 1.165) is 35.1 Å². The fourth-order valence-corrected chi connectivity index (χ4v) is 4.27. The zero-order valence-electron chi connectivity index (χ0n) is 20.1. The quantitative estimate of drug-likeness (QED) is 0.390. The van der Waals surface area contributed by atoms with Gasteiger partial charge in [0.05, 0.1) is 11.9 Å². The molecule has 33 heavy (non-hydrogen) atoms. The molecule has 1 fully saturated rings. The van der Waals surface area contributed by atoms with Gasteiger partial charge in [0.2, 0.25) is 5.95 Å². The van der Waals surface area contributed by atoms with Gasteiger partial charge in [0.15, 0.2) is 17.0 Å². The Labute approximate surface area is 195 Å². The molecule has 1 unspecified atom stereocenters. The minimum Gasteiger partial charge on any atom is -0.508 e. The van der Waals surface area contributed by atoms with Crippen molar-refractivity contribution in [3.63, 3.8) is 0 Å². The summed E-state index contributed by atoms with van der Waals surface area (Å²) in [5.74, 6) is 1.41. The number of benzene rings is 1. The molecule has 4 N–H and O–H groups in total. The second-order valence-electron chi connectivity index (χ2n) is 9.93. The molecule has 8 heteroatoms. The maximum atomic E-state index is 10.3. The molecular formula is C25H36N6O2. The molecule has 0 saturated heterocycles. The summed E-state index contributed by atoms with van der Waals surface area (Å²) >= 11 is 0. The number of nitrogens with one attached hydrogen (secondary N) is 2. The molecule has 1 atom stereocenters. The number of aromatic nitrogens is 4. The van der Waals surface area contributed by atoms with Crippen molar-refractivity contribution in [2.75, 3.05) is 17.2 Å². The lowest BCUT2D eigenvalue weighted by atomic mass is 9.93. The number of hydrogen-bond donors (Lipinski definition) is 4. The van der Waals surface area contributed by atoms with Crippen LogP contribution in [0.15, 0.2) is 24.5 Å². The van der Waals surface area contributed by atoms with Crippen LogP contribution in [-0.4, -0.2) is 41.9 Å². The molecule has 1 saturated carbocycles. The van der Waals surface area contributed by atoms with E-state index in [1.807, 2.05) is 46.2 Å². The van der Waals surface area contributed by atoms with Crippen molar-refractivity contribution in [2.24, 2.45) is 5.92 Å². The lowest BCUT2D eigenvalue weighted by Crippen LogP contribution is -2.33. The van der Waals surface area contributed by atoms with Gasteiger partial charge in [-0.2, -0.15) is 9.97 Å². The van der Waals surface area contributed by atoms with Crippen molar-refractivity contribution < 1.29 is 10.2 Å². The number of imidazole rings is 1. The zero-order valence-corrected chi connectivity index (χ0v) is 20.1. The van der Waals surface area contributed by atoms with Crippen molar-refractivity contribution in [1.82, 2.24) is 19.5 Å². The van der Waals surface area contributed by atoms with E-state index >= 15 is 0 Å². The molecule has 0 radical (unpaired) electrons. The van der Waals surface area contributed by atoms with E-state index in [4.69, 9.17) is 9.97 Å². The topological polar surface area (TPSA) is 108 Å². The molecule has 3 aromatic rings. The van der Waals surface area contributed by atoms with Crippen LogP contribution in [-0.2, 0) is 6.54 Å². The number of phenolic OH excluding ortho intramolecular Hbond substituents is 1. The van der Waals surface area contributed by atoms with E-state index in [2.05, 4.69) is 20.2 Å². The van der Waals surface area contributed by atoms with Crippen LogP contribution in [0.25, 0.3) is 11.2 Å². The van der Waals surface area contributed by atoms with Crippen LogP contribution >= 0.6 is 0 Å². The Morgan fingerprint density at radius 3 is 2.64 bits per heavy atom. The number of hydrogen-bond acceptors (Lipinski definition) is 7. The lowest BCUT2D eigenvalue weighted by molar-refractivity contribution is 0.0303. The number of aliphatic hydroxyl groups is 1. The van der Waals surface area contributed by atoms with Gasteiger partial charge in [-0.25, -0.2) is 4.98 Å². The molecule has 178 valence electrons. The summed E-state index contributed by atoms with van der Waals surface area (Å²) in [7, 11) is 0. The molecule has 2 heterocycles. The Kier molecular flexibility index (Phi) is 6.74. The van der Waals surface area contributed by atoms with Gasteiger partial charge in [0.1, 0.15) is 5.75 Å². The van der Waals surface area contributed by atoms with Crippen molar-refractivity contribution in [1.29, 1.82) is 0 Å². The number of rotatable bonds is 8. The monoisotopic (exact) mass is 452 g/mol. The summed E-state index contributed by atoms with van der Waals surface area (Å²) in [6.45, 7) is 8.59. The first-order chi connectivity index (χ1) is 15.7. The molecule has 0 aliphatic heterocycles. The van der Waals surface area contributed by atoms with E-state index in [1.165, 1.54) is 19.3 Å². The Hall–Kier alpha value is -2.87. The highest BCUT2D eigenvalue weighted by atomic mass is 16.3. The SMILES string of the molecule is Cc1ccc(O)c(CNc2nc(NCC(C)C(C)(C)O)nc3c2ncn3C2CCCCC2)c1. The molecule has 0 amide bonds. The van der Waals surface area contributed by atoms with Crippen LogP contribution in [0.1, 0.15) is 70.0 Å². The molecule has 1 aromatic carbocycles. The lowest BCUT2D eigenvalue weighted by Gasteiger charge is -2.26. The summed E-state index contributed by atoms with van der Waals surface area (Å²) in [6, 6.07) is 5.96. The van der Waals surface area contributed by atoms with Gasteiger partial charge in [-0.05, 0) is 39.7 Å². The summed E-state index contributed by atoms with van der Waals surface area (Å²) in [5, 5.41) is 27.2. The Morgan fingerprint density at radius 2 is 1.91 bits per heavy atom. The first kappa shape index (κ1) is 23.3. The predicted octanol–water partition coefficient (Wildman–Crippen LogP) is 4.78. The summed E-state index contributed by atoms with van der Waals surface area (Å²) in [6.07, 6.45) is 7.88. The third-order valence-electron chi connectivity index (χ3n) is 6.84. The molecule has 0 spiro atoms. The third kappa shape index (κ3) is 5.38. The Morgan fingerprint density at radius 1 is 1.15 bits per heavy atom. The minimum absolute atomic E-state index is 0.0145. The van der Waals surface area contributed by atoms with Crippen molar-refractivity contribution in [2.45, 2.75) is 78.0 Å². The summed E-state index contributed by atoms with van der Waals surface area (Å²) < 4.78 is 2.19. The Bertz CT molecular complexity index is 1100. The largest absolute Gasteiger partial charge is 0.508 e.